The van der Waals surface area contributed by atoms with Gasteiger partial charge in [0.15, 0.2) is 0 Å². The molecule has 134 valence electrons. The summed E-state index contributed by atoms with van der Waals surface area (Å²) < 4.78 is 1.01. The largest absolute Gasteiger partial charge is 0.394 e. The first-order chi connectivity index (χ1) is 12.1. The first kappa shape index (κ1) is 17.0. The fourth-order valence-corrected chi connectivity index (χ4v) is 5.05. The molecule has 25 heavy (non-hydrogen) atoms. The highest BCUT2D eigenvalue weighted by Crippen LogP contribution is 2.43. The number of nitrogens with zero attached hydrogens (tertiary/aromatic N) is 2. The molecule has 1 aliphatic carbocycles. The molecule has 0 bridgehead atoms. The van der Waals surface area contributed by atoms with Crippen molar-refractivity contribution in [3.63, 3.8) is 0 Å². The maximum atomic E-state index is 12.8. The number of hydrogen-bond donors (Lipinski definition) is 1. The zero-order valence-electron chi connectivity index (χ0n) is 14.1. The van der Waals surface area contributed by atoms with E-state index in [-0.39, 0.29) is 48.9 Å². The normalized spacial score (nSPS) is 29.5. The van der Waals surface area contributed by atoms with Crippen LogP contribution in [0, 0.1) is 5.92 Å². The Kier molecular flexibility index (Phi) is 4.58. The molecule has 0 aromatic heterocycles. The van der Waals surface area contributed by atoms with E-state index in [1.165, 1.54) is 0 Å². The zero-order chi connectivity index (χ0) is 17.6. The highest BCUT2D eigenvalue weighted by Gasteiger charge is 2.54. The van der Waals surface area contributed by atoms with Crippen molar-refractivity contribution in [1.29, 1.82) is 0 Å². The third-order valence-corrected chi connectivity index (χ3v) is 6.55. The van der Waals surface area contributed by atoms with Gasteiger partial charge in [-0.05, 0) is 30.5 Å². The number of aliphatic hydroxyl groups is 1. The monoisotopic (exact) mass is 406 g/mol. The standard InChI is InChI=1S/C19H23BrN2O3/c20-14-7-5-12(6-8-14)18-15-9-21(19(25)13-3-1-2-4-13)10-17(24)22(15)16(18)11-23/h5-8,13,15-16,18,23H,1-4,9-11H2/t15-,16+,18-/m0/s1. The molecule has 0 unspecified atom stereocenters. The number of hydrogen-bond acceptors (Lipinski definition) is 3. The molecule has 2 saturated heterocycles. The summed E-state index contributed by atoms with van der Waals surface area (Å²) in [5, 5.41) is 9.79. The second-order valence-electron chi connectivity index (χ2n) is 7.40. The number of piperazine rings is 1. The maximum Gasteiger partial charge on any atom is 0.242 e. The Balaban J connectivity index is 1.55. The van der Waals surface area contributed by atoms with Crippen molar-refractivity contribution in [2.24, 2.45) is 5.92 Å². The van der Waals surface area contributed by atoms with E-state index in [9.17, 15) is 14.7 Å². The van der Waals surface area contributed by atoms with E-state index < -0.39 is 0 Å². The third-order valence-electron chi connectivity index (χ3n) is 6.02. The summed E-state index contributed by atoms with van der Waals surface area (Å²) in [6.45, 7) is 0.702. The van der Waals surface area contributed by atoms with Gasteiger partial charge < -0.3 is 14.9 Å². The van der Waals surface area contributed by atoms with Crippen molar-refractivity contribution >= 4 is 27.7 Å². The fourth-order valence-electron chi connectivity index (χ4n) is 4.78. The number of carbonyl (C=O) groups excluding carboxylic acids is 2. The number of amides is 2. The van der Waals surface area contributed by atoms with E-state index in [0.29, 0.717) is 6.54 Å². The lowest BCUT2D eigenvalue weighted by molar-refractivity contribution is -0.168. The van der Waals surface area contributed by atoms with Gasteiger partial charge in [-0.1, -0.05) is 40.9 Å². The van der Waals surface area contributed by atoms with Crippen LogP contribution in [0.2, 0.25) is 0 Å². The van der Waals surface area contributed by atoms with Crippen LogP contribution in [0.5, 0.6) is 0 Å². The van der Waals surface area contributed by atoms with E-state index in [1.54, 1.807) is 9.80 Å². The molecule has 3 aliphatic rings. The van der Waals surface area contributed by atoms with Crippen LogP contribution < -0.4 is 0 Å². The molecule has 2 heterocycles. The molecule has 0 spiro atoms. The van der Waals surface area contributed by atoms with E-state index in [1.807, 2.05) is 24.3 Å². The molecule has 6 heteroatoms. The first-order valence-corrected chi connectivity index (χ1v) is 9.85. The van der Waals surface area contributed by atoms with Gasteiger partial charge in [0.25, 0.3) is 0 Å². The van der Waals surface area contributed by atoms with Crippen LogP contribution >= 0.6 is 15.9 Å². The summed E-state index contributed by atoms with van der Waals surface area (Å²) in [5.41, 5.74) is 1.12. The van der Waals surface area contributed by atoms with E-state index in [2.05, 4.69) is 15.9 Å². The van der Waals surface area contributed by atoms with E-state index in [0.717, 1.165) is 35.7 Å². The number of benzene rings is 1. The van der Waals surface area contributed by atoms with Gasteiger partial charge in [-0.15, -0.1) is 0 Å². The van der Waals surface area contributed by atoms with Crippen LogP contribution in [0.4, 0.5) is 0 Å². The lowest BCUT2D eigenvalue weighted by Gasteiger charge is -2.59. The van der Waals surface area contributed by atoms with Crippen LogP contribution in [0.3, 0.4) is 0 Å². The molecule has 3 fully saturated rings. The van der Waals surface area contributed by atoms with Gasteiger partial charge in [-0.3, -0.25) is 9.59 Å². The highest BCUT2D eigenvalue weighted by atomic mass is 79.9. The second-order valence-corrected chi connectivity index (χ2v) is 8.31. The van der Waals surface area contributed by atoms with E-state index in [4.69, 9.17) is 0 Å². The second kappa shape index (κ2) is 6.72. The van der Waals surface area contributed by atoms with Crippen LogP contribution in [0.25, 0.3) is 0 Å². The van der Waals surface area contributed by atoms with Gasteiger partial charge in [0.2, 0.25) is 11.8 Å². The van der Waals surface area contributed by atoms with Gasteiger partial charge in [-0.2, -0.15) is 0 Å². The van der Waals surface area contributed by atoms with E-state index >= 15 is 0 Å². The Morgan fingerprint density at radius 1 is 1.20 bits per heavy atom. The average molecular weight is 407 g/mol. The Bertz CT molecular complexity index is 672. The summed E-state index contributed by atoms with van der Waals surface area (Å²) in [6.07, 6.45) is 4.13. The molecular formula is C19H23BrN2O3. The predicted molar refractivity (Wildman–Crippen MR) is 96.9 cm³/mol. The third kappa shape index (κ3) is 2.89. The number of fused-ring (bicyclic) bond motifs is 1. The van der Waals surface area contributed by atoms with Gasteiger partial charge in [0, 0.05) is 22.9 Å². The maximum absolute atomic E-state index is 12.8. The molecule has 3 atom stereocenters. The number of aliphatic hydroxyl groups excluding tert-OH is 1. The molecule has 0 radical (unpaired) electrons. The van der Waals surface area contributed by atoms with Crippen LogP contribution in [-0.2, 0) is 9.59 Å². The minimum absolute atomic E-state index is 0.0232. The molecule has 2 aliphatic heterocycles. The topological polar surface area (TPSA) is 60.9 Å². The first-order valence-electron chi connectivity index (χ1n) is 9.06. The average Bonchev–Trinajstić information content (AvgIpc) is 3.12. The molecule has 1 aromatic carbocycles. The quantitative estimate of drug-likeness (QED) is 0.836. The highest BCUT2D eigenvalue weighted by molar-refractivity contribution is 9.10. The minimum atomic E-state index is -0.178. The Morgan fingerprint density at radius 3 is 2.52 bits per heavy atom. The number of halogens is 1. The van der Waals surface area contributed by atoms with Crippen molar-refractivity contribution in [3.8, 4) is 0 Å². The summed E-state index contributed by atoms with van der Waals surface area (Å²) in [6, 6.07) is 7.85. The molecule has 1 saturated carbocycles. The fraction of sp³-hybridized carbons (Fsp3) is 0.579. The van der Waals surface area contributed by atoms with Crippen molar-refractivity contribution in [2.45, 2.75) is 43.7 Å². The minimum Gasteiger partial charge on any atom is -0.394 e. The van der Waals surface area contributed by atoms with Gasteiger partial charge in [0.1, 0.15) is 0 Å². The molecule has 2 amide bonds. The molecule has 1 aromatic rings. The molecule has 4 rings (SSSR count). The SMILES string of the molecule is O=C(C1CCCC1)N1CC(=O)N2[C@H](CO)[C@@H](c3ccc(Br)cc3)[C@@H]2C1. The van der Waals surface area contributed by atoms with Gasteiger partial charge in [0.05, 0.1) is 25.2 Å². The van der Waals surface area contributed by atoms with Gasteiger partial charge >= 0.3 is 0 Å². The van der Waals surface area contributed by atoms with Crippen molar-refractivity contribution in [1.82, 2.24) is 9.80 Å². The van der Waals surface area contributed by atoms with Crippen molar-refractivity contribution < 1.29 is 14.7 Å². The zero-order valence-corrected chi connectivity index (χ0v) is 15.7. The Hall–Kier alpha value is -1.40. The Morgan fingerprint density at radius 2 is 1.88 bits per heavy atom. The van der Waals surface area contributed by atoms with Crippen LogP contribution in [0.15, 0.2) is 28.7 Å². The number of carbonyl (C=O) groups is 2. The van der Waals surface area contributed by atoms with Crippen molar-refractivity contribution in [3.05, 3.63) is 34.3 Å². The predicted octanol–water partition coefficient (Wildman–Crippen LogP) is 2.14. The van der Waals surface area contributed by atoms with Crippen molar-refractivity contribution in [2.75, 3.05) is 19.7 Å². The molecule has 1 N–H and O–H groups in total. The number of rotatable bonds is 3. The lowest BCUT2D eigenvalue weighted by atomic mass is 9.73. The van der Waals surface area contributed by atoms with Crippen LogP contribution in [-0.4, -0.2) is 58.5 Å². The molecular weight excluding hydrogens is 384 g/mol. The Labute approximate surface area is 156 Å². The summed E-state index contributed by atoms with van der Waals surface area (Å²) >= 11 is 3.44. The smallest absolute Gasteiger partial charge is 0.242 e. The van der Waals surface area contributed by atoms with Gasteiger partial charge in [-0.25, -0.2) is 0 Å². The van der Waals surface area contributed by atoms with Crippen LogP contribution in [0.1, 0.15) is 37.2 Å². The molecule has 5 nitrogen and oxygen atoms in total. The summed E-state index contributed by atoms with van der Waals surface area (Å²) in [5.74, 6) is 0.294. The lowest BCUT2D eigenvalue weighted by Crippen LogP contribution is -2.73. The summed E-state index contributed by atoms with van der Waals surface area (Å²) in [4.78, 5) is 28.9. The summed E-state index contributed by atoms with van der Waals surface area (Å²) in [7, 11) is 0.